The molecule has 4 atom stereocenters. The Labute approximate surface area is 171 Å². The number of nitrogens with zero attached hydrogens (tertiary/aromatic N) is 3. The summed E-state index contributed by atoms with van der Waals surface area (Å²) in [7, 11) is 0. The highest BCUT2D eigenvalue weighted by atomic mass is 19.4. The highest BCUT2D eigenvalue weighted by Crippen LogP contribution is 2.33. The van der Waals surface area contributed by atoms with E-state index in [0.29, 0.717) is 11.1 Å². The maximum Gasteiger partial charge on any atom is 0.416 e. The Morgan fingerprint density at radius 3 is 2.27 bits per heavy atom. The van der Waals surface area contributed by atoms with Gasteiger partial charge in [-0.25, -0.2) is 9.37 Å². The second-order valence-electron chi connectivity index (χ2n) is 7.41. The number of piperazine rings is 1. The fourth-order valence-electron chi connectivity index (χ4n) is 3.67. The summed E-state index contributed by atoms with van der Waals surface area (Å²) in [5, 5.41) is 31.5. The molecule has 30 heavy (non-hydrogen) atoms. The molecule has 0 spiro atoms. The Hall–Kier alpha value is -2.27. The number of aliphatic hydroxyl groups excluding tert-OH is 3. The first-order valence-corrected chi connectivity index (χ1v) is 9.34. The van der Waals surface area contributed by atoms with Crippen LogP contribution < -0.4 is 4.90 Å². The van der Waals surface area contributed by atoms with Crippen molar-refractivity contribution in [3.8, 4) is 0 Å². The lowest BCUT2D eigenvalue weighted by Crippen LogP contribution is -2.69. The Bertz CT molecular complexity index is 879. The van der Waals surface area contributed by atoms with E-state index in [1.165, 1.54) is 34.2 Å². The van der Waals surface area contributed by atoms with Crippen LogP contribution in [0, 0.1) is 12.7 Å². The minimum Gasteiger partial charge on any atom is -0.395 e. The number of pyridine rings is 1. The normalized spacial score (nSPS) is 25.6. The van der Waals surface area contributed by atoms with Crippen LogP contribution in [0.1, 0.15) is 23.6 Å². The zero-order chi connectivity index (χ0) is 22.2. The summed E-state index contributed by atoms with van der Waals surface area (Å²) in [6, 6.07) is 3.80. The van der Waals surface area contributed by atoms with E-state index < -0.39 is 48.7 Å². The third kappa shape index (κ3) is 4.27. The highest BCUT2D eigenvalue weighted by Gasteiger charge is 2.45. The lowest BCUT2D eigenvalue weighted by atomic mass is 10.0. The molecule has 6 nitrogen and oxygen atoms in total. The molecule has 1 aromatic carbocycles. The van der Waals surface area contributed by atoms with Crippen molar-refractivity contribution in [1.29, 1.82) is 0 Å². The third-order valence-electron chi connectivity index (χ3n) is 5.30. The smallest absolute Gasteiger partial charge is 0.395 e. The van der Waals surface area contributed by atoms with Crippen molar-refractivity contribution < 1.29 is 32.9 Å². The molecule has 3 N–H and O–H groups in total. The SMILES string of the molecule is Cc1cnc(N2C(O)C(CO)N(Cc3ccc(C(F)(F)F)cc3)C(O)[C@H]2C)c(F)c1. The van der Waals surface area contributed by atoms with E-state index in [1.807, 2.05) is 0 Å². The van der Waals surface area contributed by atoms with Crippen LogP contribution in [0.3, 0.4) is 0 Å². The molecule has 2 heterocycles. The zero-order valence-electron chi connectivity index (χ0n) is 16.4. The number of aliphatic hydroxyl groups is 3. The summed E-state index contributed by atoms with van der Waals surface area (Å²) in [5.74, 6) is -0.840. The zero-order valence-corrected chi connectivity index (χ0v) is 16.4. The predicted octanol–water partition coefficient (Wildman–Crippen LogP) is 2.26. The summed E-state index contributed by atoms with van der Waals surface area (Å²) in [5.41, 5.74) is 0.233. The molecule has 164 valence electrons. The molecule has 1 aromatic heterocycles. The van der Waals surface area contributed by atoms with Crippen molar-refractivity contribution in [2.75, 3.05) is 11.5 Å². The van der Waals surface area contributed by atoms with E-state index in [4.69, 9.17) is 0 Å². The maximum absolute atomic E-state index is 14.5. The van der Waals surface area contributed by atoms with Crippen molar-refractivity contribution >= 4 is 5.82 Å². The van der Waals surface area contributed by atoms with Crippen LogP contribution in [0.5, 0.6) is 0 Å². The summed E-state index contributed by atoms with van der Waals surface area (Å²) in [4.78, 5) is 6.59. The second-order valence-corrected chi connectivity index (χ2v) is 7.41. The van der Waals surface area contributed by atoms with E-state index >= 15 is 0 Å². The van der Waals surface area contributed by atoms with E-state index in [2.05, 4.69) is 4.98 Å². The topological polar surface area (TPSA) is 80.1 Å². The number of alkyl halides is 3. The van der Waals surface area contributed by atoms with Crippen molar-refractivity contribution in [1.82, 2.24) is 9.88 Å². The second kappa shape index (κ2) is 8.46. The number of anilines is 1. The van der Waals surface area contributed by atoms with Gasteiger partial charge in [-0.15, -0.1) is 0 Å². The first kappa shape index (κ1) is 22.4. The van der Waals surface area contributed by atoms with E-state index in [9.17, 15) is 32.9 Å². The Morgan fingerprint density at radius 1 is 1.10 bits per heavy atom. The monoisotopic (exact) mass is 429 g/mol. The summed E-state index contributed by atoms with van der Waals surface area (Å²) >= 11 is 0. The first-order valence-electron chi connectivity index (χ1n) is 9.34. The van der Waals surface area contributed by atoms with Gasteiger partial charge >= 0.3 is 6.18 Å². The Kier molecular flexibility index (Phi) is 6.32. The summed E-state index contributed by atoms with van der Waals surface area (Å²) in [6.07, 6.45) is -5.71. The molecule has 0 aliphatic carbocycles. The van der Waals surface area contributed by atoms with Gasteiger partial charge in [0.1, 0.15) is 12.5 Å². The fourth-order valence-corrected chi connectivity index (χ4v) is 3.67. The molecular formula is C20H23F4N3O3. The van der Waals surface area contributed by atoms with Gasteiger partial charge in [-0.05, 0) is 43.2 Å². The van der Waals surface area contributed by atoms with Crippen LogP contribution in [0.4, 0.5) is 23.4 Å². The summed E-state index contributed by atoms with van der Waals surface area (Å²) in [6.45, 7) is 2.62. The van der Waals surface area contributed by atoms with Gasteiger partial charge in [-0.3, -0.25) is 4.90 Å². The number of rotatable bonds is 4. The highest BCUT2D eigenvalue weighted by molar-refractivity contribution is 5.44. The number of benzene rings is 1. The lowest BCUT2D eigenvalue weighted by molar-refractivity contribution is -0.137. The van der Waals surface area contributed by atoms with E-state index in [0.717, 1.165) is 12.1 Å². The minimum atomic E-state index is -4.47. The fraction of sp³-hybridized carbons (Fsp3) is 0.450. The van der Waals surface area contributed by atoms with Crippen LogP contribution in [-0.4, -0.2) is 56.3 Å². The van der Waals surface area contributed by atoms with Crippen molar-refractivity contribution in [3.05, 3.63) is 59.0 Å². The number of halogens is 4. The maximum atomic E-state index is 14.5. The lowest BCUT2D eigenvalue weighted by Gasteiger charge is -2.51. The summed E-state index contributed by atoms with van der Waals surface area (Å²) < 4.78 is 52.7. The van der Waals surface area contributed by atoms with Gasteiger partial charge in [-0.1, -0.05) is 12.1 Å². The van der Waals surface area contributed by atoms with E-state index in [1.54, 1.807) is 13.8 Å². The van der Waals surface area contributed by atoms with Gasteiger partial charge in [0.05, 0.1) is 24.3 Å². The average molecular weight is 429 g/mol. The quantitative estimate of drug-likeness (QED) is 0.647. The van der Waals surface area contributed by atoms with Crippen LogP contribution in [0.25, 0.3) is 0 Å². The molecular weight excluding hydrogens is 406 g/mol. The number of hydrogen-bond donors (Lipinski definition) is 3. The van der Waals surface area contributed by atoms with Gasteiger partial charge in [0.25, 0.3) is 0 Å². The molecule has 2 aromatic rings. The molecule has 1 aliphatic rings. The molecule has 1 fully saturated rings. The van der Waals surface area contributed by atoms with Crippen LogP contribution in [0.2, 0.25) is 0 Å². The number of aryl methyl sites for hydroxylation is 1. The first-order chi connectivity index (χ1) is 14.0. The standard InChI is InChI=1S/C20H23F4N3O3/c1-11-7-15(21)17(25-8-11)27-12(2)18(29)26(16(10-28)19(27)30)9-13-3-5-14(6-4-13)20(22,23)24/h3-8,12,16,18-19,28-30H,9-10H2,1-2H3/t12-,16?,18?,19?/m1/s1. The number of aromatic nitrogens is 1. The molecule has 0 amide bonds. The van der Waals surface area contributed by atoms with Gasteiger partial charge < -0.3 is 20.2 Å². The molecule has 10 heteroatoms. The molecule has 0 saturated carbocycles. The Balaban J connectivity index is 1.87. The molecule has 1 saturated heterocycles. The van der Waals surface area contributed by atoms with Crippen LogP contribution in [-0.2, 0) is 12.7 Å². The Morgan fingerprint density at radius 2 is 1.73 bits per heavy atom. The molecule has 3 unspecified atom stereocenters. The van der Waals surface area contributed by atoms with Crippen molar-refractivity contribution in [2.24, 2.45) is 0 Å². The van der Waals surface area contributed by atoms with E-state index in [-0.39, 0.29) is 12.4 Å². The van der Waals surface area contributed by atoms with Gasteiger partial charge in [-0.2, -0.15) is 13.2 Å². The molecule has 0 bridgehead atoms. The van der Waals surface area contributed by atoms with Crippen LogP contribution >= 0.6 is 0 Å². The van der Waals surface area contributed by atoms with Crippen LogP contribution in [0.15, 0.2) is 36.5 Å². The average Bonchev–Trinajstić information content (AvgIpc) is 2.67. The predicted molar refractivity (Wildman–Crippen MR) is 101 cm³/mol. The van der Waals surface area contributed by atoms with Crippen molar-refractivity contribution in [2.45, 2.75) is 51.1 Å². The third-order valence-corrected chi connectivity index (χ3v) is 5.30. The largest absolute Gasteiger partial charge is 0.416 e. The molecule has 0 radical (unpaired) electrons. The molecule has 1 aliphatic heterocycles. The van der Waals surface area contributed by atoms with Gasteiger partial charge in [0.2, 0.25) is 0 Å². The molecule has 3 rings (SSSR count). The van der Waals surface area contributed by atoms with Gasteiger partial charge in [0, 0.05) is 12.7 Å². The number of hydrogen-bond acceptors (Lipinski definition) is 6. The van der Waals surface area contributed by atoms with Crippen molar-refractivity contribution in [3.63, 3.8) is 0 Å². The van der Waals surface area contributed by atoms with Gasteiger partial charge in [0.15, 0.2) is 11.6 Å². The minimum absolute atomic E-state index is 0.0242.